The lowest BCUT2D eigenvalue weighted by molar-refractivity contribution is 0.0369. The van der Waals surface area contributed by atoms with Crippen molar-refractivity contribution in [1.82, 2.24) is 29.2 Å². The molecule has 186 valence electrons. The Morgan fingerprint density at radius 3 is 2.81 bits per heavy atom. The van der Waals surface area contributed by atoms with E-state index in [-0.39, 0.29) is 23.2 Å². The van der Waals surface area contributed by atoms with Gasteiger partial charge < -0.3 is 14.6 Å². The number of fused-ring (bicyclic) bond motifs is 2. The number of hydrogen-bond acceptors (Lipinski definition) is 7. The molecule has 5 rings (SSSR count). The molecule has 1 fully saturated rings. The van der Waals surface area contributed by atoms with E-state index in [1.807, 2.05) is 19.1 Å². The average Bonchev–Trinajstić information content (AvgIpc) is 2.90. The van der Waals surface area contributed by atoms with Crippen molar-refractivity contribution in [2.24, 2.45) is 0 Å². The highest BCUT2D eigenvalue weighted by Gasteiger charge is 2.18. The van der Waals surface area contributed by atoms with Crippen LogP contribution in [0.25, 0.3) is 16.7 Å². The molecule has 1 amide bonds. The molecule has 4 aromatic heterocycles. The zero-order chi connectivity index (χ0) is 25.1. The molecule has 2 N–H and O–H groups in total. The Bertz CT molecular complexity index is 1520. The third-order valence-electron chi connectivity index (χ3n) is 6.44. The molecule has 36 heavy (non-hydrogen) atoms. The Morgan fingerprint density at radius 1 is 1.19 bits per heavy atom. The van der Waals surface area contributed by atoms with Crippen molar-refractivity contribution >= 4 is 22.6 Å². The molecule has 0 aromatic carbocycles. The maximum absolute atomic E-state index is 13.5. The molecule has 1 saturated heterocycles. The van der Waals surface area contributed by atoms with Crippen molar-refractivity contribution in [2.45, 2.75) is 26.4 Å². The van der Waals surface area contributed by atoms with Crippen LogP contribution < -0.4 is 16.4 Å². The Labute approximate surface area is 207 Å². The summed E-state index contributed by atoms with van der Waals surface area (Å²) in [5, 5.41) is 12.1. The predicted molar refractivity (Wildman–Crippen MR) is 135 cm³/mol. The third kappa shape index (κ3) is 4.91. The van der Waals surface area contributed by atoms with E-state index in [0.29, 0.717) is 23.2 Å². The number of rotatable bonds is 7. The lowest BCUT2D eigenvalue weighted by Crippen LogP contribution is -2.38. The molecule has 1 aliphatic rings. The first kappa shape index (κ1) is 23.8. The number of aryl methyl sites for hydroxylation is 2. The molecule has 0 radical (unpaired) electrons. The summed E-state index contributed by atoms with van der Waals surface area (Å²) in [5.74, 6) is -0.415. The SMILES string of the molecule is Cc1ccc2nc3c(cc(C(=O)NCc4cccnc4)c(=N)n3CCCN3CCOCC3)c(=O)n2c1. The molecule has 10 nitrogen and oxygen atoms in total. The van der Waals surface area contributed by atoms with E-state index >= 15 is 0 Å². The Kier molecular flexibility index (Phi) is 6.88. The third-order valence-corrected chi connectivity index (χ3v) is 6.44. The number of amides is 1. The second kappa shape index (κ2) is 10.4. The molecule has 0 spiro atoms. The van der Waals surface area contributed by atoms with Gasteiger partial charge in [0.2, 0.25) is 0 Å². The van der Waals surface area contributed by atoms with Gasteiger partial charge in [-0.2, -0.15) is 0 Å². The summed E-state index contributed by atoms with van der Waals surface area (Å²) >= 11 is 0. The second-order valence-corrected chi connectivity index (χ2v) is 9.00. The lowest BCUT2D eigenvalue weighted by atomic mass is 10.1. The van der Waals surface area contributed by atoms with Crippen molar-refractivity contribution in [3.05, 3.63) is 81.5 Å². The average molecular weight is 488 g/mol. The number of pyridine rings is 3. The fourth-order valence-corrected chi connectivity index (χ4v) is 4.49. The summed E-state index contributed by atoms with van der Waals surface area (Å²) in [5.41, 5.74) is 2.62. The summed E-state index contributed by atoms with van der Waals surface area (Å²) in [6.07, 6.45) is 5.84. The number of nitrogens with one attached hydrogen (secondary N) is 2. The molecule has 5 heterocycles. The molecule has 0 unspecified atom stereocenters. The largest absolute Gasteiger partial charge is 0.379 e. The highest BCUT2D eigenvalue weighted by molar-refractivity contribution is 5.96. The highest BCUT2D eigenvalue weighted by atomic mass is 16.5. The first-order valence-corrected chi connectivity index (χ1v) is 12.1. The predicted octanol–water partition coefficient (Wildman–Crippen LogP) is 1.48. The molecule has 1 aliphatic heterocycles. The molecular weight excluding hydrogens is 458 g/mol. The minimum absolute atomic E-state index is 0.0384. The lowest BCUT2D eigenvalue weighted by Gasteiger charge is -2.26. The van der Waals surface area contributed by atoms with E-state index in [9.17, 15) is 9.59 Å². The van der Waals surface area contributed by atoms with Gasteiger partial charge in [-0.25, -0.2) is 4.98 Å². The number of morpholine rings is 1. The minimum Gasteiger partial charge on any atom is -0.379 e. The van der Waals surface area contributed by atoms with Crippen LogP contribution in [0.5, 0.6) is 0 Å². The Morgan fingerprint density at radius 2 is 2.03 bits per heavy atom. The van der Waals surface area contributed by atoms with Crippen LogP contribution in [-0.4, -0.2) is 62.6 Å². The maximum atomic E-state index is 13.5. The number of hydrogen-bond donors (Lipinski definition) is 2. The number of nitrogens with zero attached hydrogens (tertiary/aromatic N) is 5. The quantitative estimate of drug-likeness (QED) is 0.382. The normalized spacial score (nSPS) is 14.4. The molecular formula is C26H29N7O3. The summed E-state index contributed by atoms with van der Waals surface area (Å²) in [6, 6.07) is 8.87. The standard InChI is InChI=1S/C26H29N7O3/c1-18-5-6-22-30-24-21(26(35)33(22)17-18)14-20(25(34)29-16-19-4-2-7-28-15-19)23(27)32(24)9-3-8-31-10-12-36-13-11-31/h2,4-7,14-15,17,27H,3,8-13,16H2,1H3,(H,29,34). The molecule has 0 aliphatic carbocycles. The fourth-order valence-electron chi connectivity index (χ4n) is 4.49. The van der Waals surface area contributed by atoms with Gasteiger partial charge in [0.05, 0.1) is 24.2 Å². The van der Waals surface area contributed by atoms with E-state index in [1.165, 1.54) is 10.5 Å². The highest BCUT2D eigenvalue weighted by Crippen LogP contribution is 2.12. The fraction of sp³-hybridized carbons (Fsp3) is 0.346. The van der Waals surface area contributed by atoms with Crippen LogP contribution in [0.4, 0.5) is 0 Å². The first-order chi connectivity index (χ1) is 17.5. The van der Waals surface area contributed by atoms with Crippen molar-refractivity contribution in [1.29, 1.82) is 5.41 Å². The summed E-state index contributed by atoms with van der Waals surface area (Å²) in [7, 11) is 0. The van der Waals surface area contributed by atoms with Gasteiger partial charge in [-0.1, -0.05) is 12.1 Å². The van der Waals surface area contributed by atoms with Gasteiger partial charge in [-0.3, -0.25) is 29.3 Å². The van der Waals surface area contributed by atoms with Crippen LogP contribution in [0.1, 0.15) is 27.9 Å². The van der Waals surface area contributed by atoms with Crippen LogP contribution in [-0.2, 0) is 17.8 Å². The van der Waals surface area contributed by atoms with Gasteiger partial charge >= 0.3 is 0 Å². The number of ether oxygens (including phenoxy) is 1. The molecule has 0 saturated carbocycles. The number of carbonyl (C=O) groups is 1. The molecule has 0 atom stereocenters. The van der Waals surface area contributed by atoms with Crippen molar-refractivity contribution in [3.8, 4) is 0 Å². The van der Waals surface area contributed by atoms with Gasteiger partial charge in [0.15, 0.2) is 0 Å². The van der Waals surface area contributed by atoms with Gasteiger partial charge in [0.25, 0.3) is 11.5 Å². The van der Waals surface area contributed by atoms with Crippen molar-refractivity contribution < 1.29 is 9.53 Å². The zero-order valence-electron chi connectivity index (χ0n) is 20.2. The smallest absolute Gasteiger partial charge is 0.267 e. The number of aromatic nitrogens is 4. The van der Waals surface area contributed by atoms with E-state index < -0.39 is 5.91 Å². The molecule has 4 aromatic rings. The van der Waals surface area contributed by atoms with Crippen LogP contribution in [0, 0.1) is 12.3 Å². The van der Waals surface area contributed by atoms with Crippen LogP contribution in [0.2, 0.25) is 0 Å². The van der Waals surface area contributed by atoms with Gasteiger partial charge in [0.1, 0.15) is 16.8 Å². The summed E-state index contributed by atoms with van der Waals surface area (Å²) < 4.78 is 8.62. The van der Waals surface area contributed by atoms with Crippen LogP contribution >= 0.6 is 0 Å². The van der Waals surface area contributed by atoms with Gasteiger partial charge in [-0.05, 0) is 42.7 Å². The molecule has 10 heteroatoms. The van der Waals surface area contributed by atoms with Gasteiger partial charge in [-0.15, -0.1) is 0 Å². The zero-order valence-corrected chi connectivity index (χ0v) is 20.2. The van der Waals surface area contributed by atoms with Gasteiger partial charge in [0, 0.05) is 51.3 Å². The Balaban J connectivity index is 1.54. The van der Waals surface area contributed by atoms with Crippen molar-refractivity contribution in [3.63, 3.8) is 0 Å². The van der Waals surface area contributed by atoms with E-state index in [4.69, 9.17) is 15.1 Å². The van der Waals surface area contributed by atoms with E-state index in [1.54, 1.807) is 35.3 Å². The monoisotopic (exact) mass is 487 g/mol. The van der Waals surface area contributed by atoms with E-state index in [2.05, 4.69) is 15.2 Å². The second-order valence-electron chi connectivity index (χ2n) is 9.00. The summed E-state index contributed by atoms with van der Waals surface area (Å²) in [4.78, 5) is 37.8. The summed E-state index contributed by atoms with van der Waals surface area (Å²) in [6.45, 7) is 6.66. The molecule has 0 bridgehead atoms. The van der Waals surface area contributed by atoms with Crippen molar-refractivity contribution in [2.75, 3.05) is 32.8 Å². The minimum atomic E-state index is -0.415. The maximum Gasteiger partial charge on any atom is 0.267 e. The first-order valence-electron chi connectivity index (χ1n) is 12.1. The topological polar surface area (TPSA) is 118 Å². The number of carbonyl (C=O) groups excluding carboxylic acids is 1. The van der Waals surface area contributed by atoms with Crippen LogP contribution in [0.3, 0.4) is 0 Å². The van der Waals surface area contributed by atoms with E-state index in [0.717, 1.165) is 50.4 Å². The Hall–Kier alpha value is -3.89. The van der Waals surface area contributed by atoms with Crippen LogP contribution in [0.15, 0.2) is 53.7 Å².